The van der Waals surface area contributed by atoms with Crippen LogP contribution in [0.5, 0.6) is 0 Å². The van der Waals surface area contributed by atoms with Crippen molar-refractivity contribution in [1.29, 1.82) is 0 Å². The lowest BCUT2D eigenvalue weighted by Crippen LogP contribution is -2.29. The molecule has 1 atom stereocenters. The summed E-state index contributed by atoms with van der Waals surface area (Å²) < 4.78 is 1.04. The molecule has 1 fully saturated rings. The number of hydrogen-bond acceptors (Lipinski definition) is 3. The van der Waals surface area contributed by atoms with Crippen LogP contribution in [-0.4, -0.2) is 35.6 Å². The van der Waals surface area contributed by atoms with Gasteiger partial charge >= 0.3 is 0 Å². The number of aromatic nitrogens is 1. The van der Waals surface area contributed by atoms with E-state index in [2.05, 4.69) is 58.0 Å². The van der Waals surface area contributed by atoms with Gasteiger partial charge in [-0.05, 0) is 67.2 Å². The Morgan fingerprint density at radius 2 is 2.33 bits per heavy atom. The molecule has 1 aromatic rings. The third kappa shape index (κ3) is 3.45. The average molecular weight is 312 g/mol. The lowest BCUT2D eigenvalue weighted by molar-refractivity contribution is 0.266. The van der Waals surface area contributed by atoms with Crippen molar-refractivity contribution in [3.8, 4) is 0 Å². The van der Waals surface area contributed by atoms with Crippen molar-refractivity contribution in [2.75, 3.05) is 25.0 Å². The Balaban J connectivity index is 1.85. The Hall–Kier alpha value is -0.610. The fraction of sp³-hybridized carbons (Fsp3) is 0.643. The second-order valence-corrected chi connectivity index (χ2v) is 6.36. The van der Waals surface area contributed by atoms with Crippen LogP contribution in [0.25, 0.3) is 0 Å². The number of anilines is 1. The van der Waals surface area contributed by atoms with Gasteiger partial charge in [0.1, 0.15) is 5.82 Å². The van der Waals surface area contributed by atoms with Crippen molar-refractivity contribution < 1.29 is 0 Å². The fourth-order valence-corrected chi connectivity index (χ4v) is 2.91. The predicted octanol–water partition coefficient (Wildman–Crippen LogP) is 3.29. The Kier molecular flexibility index (Phi) is 4.62. The summed E-state index contributed by atoms with van der Waals surface area (Å²) in [7, 11) is 0. The van der Waals surface area contributed by atoms with E-state index in [1.54, 1.807) is 0 Å². The summed E-state index contributed by atoms with van der Waals surface area (Å²) in [6, 6.07) is 2.77. The van der Waals surface area contributed by atoms with Crippen molar-refractivity contribution in [3.63, 3.8) is 0 Å². The van der Waals surface area contributed by atoms with Gasteiger partial charge in [0.05, 0.1) is 0 Å². The first-order chi connectivity index (χ1) is 8.56. The number of nitrogens with zero attached hydrogens (tertiary/aromatic N) is 2. The van der Waals surface area contributed by atoms with E-state index >= 15 is 0 Å². The van der Waals surface area contributed by atoms with Crippen LogP contribution in [0.4, 0.5) is 5.82 Å². The smallest absolute Gasteiger partial charge is 0.128 e. The minimum Gasteiger partial charge on any atom is -0.370 e. The molecule has 2 rings (SSSR count). The van der Waals surface area contributed by atoms with Gasteiger partial charge < -0.3 is 10.2 Å². The van der Waals surface area contributed by atoms with E-state index in [0.717, 1.165) is 22.8 Å². The molecule has 0 radical (unpaired) electrons. The summed E-state index contributed by atoms with van der Waals surface area (Å²) in [5, 5.41) is 3.48. The zero-order valence-electron chi connectivity index (χ0n) is 11.4. The molecule has 0 amide bonds. The molecule has 18 heavy (non-hydrogen) atoms. The maximum absolute atomic E-state index is 4.42. The minimum absolute atomic E-state index is 0.669. The molecule has 1 aliphatic heterocycles. The third-order valence-corrected chi connectivity index (χ3v) is 4.08. The van der Waals surface area contributed by atoms with E-state index in [1.165, 1.54) is 25.1 Å². The Morgan fingerprint density at radius 1 is 1.56 bits per heavy atom. The van der Waals surface area contributed by atoms with Gasteiger partial charge in [-0.3, -0.25) is 0 Å². The molecule has 1 aliphatic rings. The van der Waals surface area contributed by atoms with Gasteiger partial charge in [-0.1, -0.05) is 0 Å². The second kappa shape index (κ2) is 6.02. The summed E-state index contributed by atoms with van der Waals surface area (Å²) in [6.45, 7) is 10.1. The van der Waals surface area contributed by atoms with E-state index in [-0.39, 0.29) is 0 Å². The Labute approximate surface area is 118 Å². The van der Waals surface area contributed by atoms with Gasteiger partial charge in [-0.25, -0.2) is 4.98 Å². The van der Waals surface area contributed by atoms with Gasteiger partial charge in [-0.2, -0.15) is 0 Å². The molecule has 1 unspecified atom stereocenters. The highest BCUT2D eigenvalue weighted by molar-refractivity contribution is 9.10. The van der Waals surface area contributed by atoms with Crippen molar-refractivity contribution >= 4 is 21.7 Å². The number of halogens is 1. The van der Waals surface area contributed by atoms with Crippen LogP contribution in [0.15, 0.2) is 16.7 Å². The number of likely N-dealkylation sites (tertiary alicyclic amines) is 1. The maximum Gasteiger partial charge on any atom is 0.128 e. The summed E-state index contributed by atoms with van der Waals surface area (Å²) in [4.78, 5) is 6.97. The third-order valence-electron chi connectivity index (χ3n) is 3.65. The molecular weight excluding hydrogens is 290 g/mol. The molecule has 0 aromatic carbocycles. The molecule has 2 heterocycles. The van der Waals surface area contributed by atoms with Crippen LogP contribution in [0.2, 0.25) is 0 Å². The molecule has 1 saturated heterocycles. The molecule has 0 saturated carbocycles. The van der Waals surface area contributed by atoms with E-state index in [4.69, 9.17) is 0 Å². The van der Waals surface area contributed by atoms with E-state index in [0.29, 0.717) is 6.04 Å². The number of nitrogens with one attached hydrogen (secondary N) is 1. The monoisotopic (exact) mass is 311 g/mol. The summed E-state index contributed by atoms with van der Waals surface area (Å²) >= 11 is 3.44. The highest BCUT2D eigenvalue weighted by Crippen LogP contribution is 2.21. The van der Waals surface area contributed by atoms with E-state index in [9.17, 15) is 0 Å². The first kappa shape index (κ1) is 13.8. The standard InChI is InChI=1S/C14H22BrN3/c1-10(2)18-5-4-12(9-18)7-16-14-11(3)6-13(15)8-17-14/h6,8,10,12H,4-5,7,9H2,1-3H3,(H,16,17). The van der Waals surface area contributed by atoms with Gasteiger partial charge in [0.2, 0.25) is 0 Å². The fourth-order valence-electron chi connectivity index (χ4n) is 2.46. The zero-order valence-corrected chi connectivity index (χ0v) is 13.0. The van der Waals surface area contributed by atoms with Crippen LogP contribution in [0.1, 0.15) is 25.8 Å². The molecule has 4 heteroatoms. The second-order valence-electron chi connectivity index (χ2n) is 5.44. The number of aryl methyl sites for hydroxylation is 1. The number of hydrogen-bond donors (Lipinski definition) is 1. The first-order valence-electron chi connectivity index (χ1n) is 6.66. The van der Waals surface area contributed by atoms with Crippen molar-refractivity contribution in [3.05, 3.63) is 22.3 Å². The molecule has 0 aliphatic carbocycles. The Bertz CT molecular complexity index is 406. The SMILES string of the molecule is Cc1cc(Br)cnc1NCC1CCN(C(C)C)C1. The number of rotatable bonds is 4. The first-order valence-corrected chi connectivity index (χ1v) is 7.45. The van der Waals surface area contributed by atoms with Crippen LogP contribution in [0, 0.1) is 12.8 Å². The highest BCUT2D eigenvalue weighted by atomic mass is 79.9. The summed E-state index contributed by atoms with van der Waals surface area (Å²) in [6.07, 6.45) is 3.14. The van der Waals surface area contributed by atoms with Crippen molar-refractivity contribution in [1.82, 2.24) is 9.88 Å². The molecular formula is C14H22BrN3. The zero-order chi connectivity index (χ0) is 13.1. The van der Waals surface area contributed by atoms with Gasteiger partial charge in [-0.15, -0.1) is 0 Å². The summed E-state index contributed by atoms with van der Waals surface area (Å²) in [5.41, 5.74) is 1.20. The molecule has 1 N–H and O–H groups in total. The van der Waals surface area contributed by atoms with Crippen LogP contribution in [-0.2, 0) is 0 Å². The van der Waals surface area contributed by atoms with Gasteiger partial charge in [0.25, 0.3) is 0 Å². The Morgan fingerprint density at radius 3 is 2.94 bits per heavy atom. The van der Waals surface area contributed by atoms with E-state index in [1.807, 2.05) is 6.20 Å². The van der Waals surface area contributed by atoms with Gasteiger partial charge in [0.15, 0.2) is 0 Å². The largest absolute Gasteiger partial charge is 0.370 e. The highest BCUT2D eigenvalue weighted by Gasteiger charge is 2.23. The van der Waals surface area contributed by atoms with Crippen LogP contribution >= 0.6 is 15.9 Å². The molecule has 3 nitrogen and oxygen atoms in total. The quantitative estimate of drug-likeness (QED) is 0.924. The van der Waals surface area contributed by atoms with Crippen LogP contribution < -0.4 is 5.32 Å². The molecule has 100 valence electrons. The lowest BCUT2D eigenvalue weighted by Gasteiger charge is -2.20. The van der Waals surface area contributed by atoms with E-state index < -0.39 is 0 Å². The van der Waals surface area contributed by atoms with Crippen molar-refractivity contribution in [2.45, 2.75) is 33.2 Å². The average Bonchev–Trinajstić information content (AvgIpc) is 2.76. The maximum atomic E-state index is 4.42. The minimum atomic E-state index is 0.669. The summed E-state index contributed by atoms with van der Waals surface area (Å²) in [5.74, 6) is 1.76. The van der Waals surface area contributed by atoms with Crippen molar-refractivity contribution in [2.24, 2.45) is 5.92 Å². The van der Waals surface area contributed by atoms with Gasteiger partial charge in [0, 0.05) is 29.8 Å². The lowest BCUT2D eigenvalue weighted by atomic mass is 10.1. The molecule has 1 aromatic heterocycles. The topological polar surface area (TPSA) is 28.2 Å². The number of pyridine rings is 1. The molecule has 0 bridgehead atoms. The molecule has 0 spiro atoms. The predicted molar refractivity (Wildman–Crippen MR) is 80.0 cm³/mol. The normalized spacial score (nSPS) is 20.6. The van der Waals surface area contributed by atoms with Crippen LogP contribution in [0.3, 0.4) is 0 Å².